The average molecular weight is 511 g/mol. The van der Waals surface area contributed by atoms with Crippen molar-refractivity contribution in [3.8, 4) is 12.3 Å². The first kappa shape index (κ1) is 28.0. The molecule has 9 nitrogen and oxygen atoms in total. The van der Waals surface area contributed by atoms with Crippen LogP contribution in [0, 0.1) is 12.3 Å². The number of nitrogens with zero attached hydrogens (tertiary/aromatic N) is 1. The van der Waals surface area contributed by atoms with Crippen molar-refractivity contribution in [1.29, 1.82) is 0 Å². The number of ether oxygens (including phenoxy) is 1. The molecule has 3 rings (SSSR count). The molecule has 2 fully saturated rings. The van der Waals surface area contributed by atoms with Crippen molar-refractivity contribution in [2.24, 2.45) is 5.73 Å². The highest BCUT2D eigenvalue weighted by molar-refractivity contribution is 5.95. The van der Waals surface area contributed by atoms with Gasteiger partial charge in [0.05, 0.1) is 6.42 Å². The van der Waals surface area contributed by atoms with Crippen molar-refractivity contribution >= 4 is 23.8 Å². The standard InChI is InChI=1S/C28H38N4O5/c1-5-18-11-9-10-14-21(18)24(25(34)30-19-12-7-6-8-13-19)32(20-15-16-20)26(35)22(17-23(29)33)31-27(36)37-28(2,3)4/h1,9-11,14,19-20,22,24H,6-8,12-13,15-17H2,2-4H3,(H2,29,33)(H,30,34)(H,31,36). The van der Waals surface area contributed by atoms with Crippen molar-refractivity contribution in [1.82, 2.24) is 15.5 Å². The molecule has 4 amide bonds. The number of alkyl carbamates (subject to hydrolysis) is 1. The fraction of sp³-hybridized carbons (Fsp3) is 0.571. The normalized spacial score (nSPS) is 17.6. The molecule has 9 heteroatoms. The molecule has 0 aliphatic heterocycles. The van der Waals surface area contributed by atoms with E-state index in [1.54, 1.807) is 45.0 Å². The summed E-state index contributed by atoms with van der Waals surface area (Å²) >= 11 is 0. The quantitative estimate of drug-likeness (QED) is 0.440. The number of carbonyl (C=O) groups excluding carboxylic acids is 4. The van der Waals surface area contributed by atoms with Crippen molar-refractivity contribution in [2.75, 3.05) is 0 Å². The number of primary amides is 1. The smallest absolute Gasteiger partial charge is 0.408 e. The number of hydrogen-bond donors (Lipinski definition) is 3. The highest BCUT2D eigenvalue weighted by Gasteiger charge is 2.45. The third-order valence-corrected chi connectivity index (χ3v) is 6.48. The molecule has 0 aromatic heterocycles. The zero-order chi connectivity index (χ0) is 27.2. The van der Waals surface area contributed by atoms with Crippen LogP contribution in [0.25, 0.3) is 0 Å². The van der Waals surface area contributed by atoms with Crippen LogP contribution >= 0.6 is 0 Å². The SMILES string of the molecule is C#Cc1ccccc1C(C(=O)NC1CCCCC1)N(C(=O)C(CC(N)=O)NC(=O)OC(C)(C)C)C1CC1. The Hall–Kier alpha value is -3.54. The van der Waals surface area contributed by atoms with E-state index in [2.05, 4.69) is 16.6 Å². The van der Waals surface area contributed by atoms with Crippen LogP contribution in [0.3, 0.4) is 0 Å². The predicted octanol–water partition coefficient (Wildman–Crippen LogP) is 2.92. The monoisotopic (exact) mass is 510 g/mol. The van der Waals surface area contributed by atoms with Crippen molar-refractivity contribution in [2.45, 2.75) is 102 Å². The van der Waals surface area contributed by atoms with Gasteiger partial charge in [0, 0.05) is 17.6 Å². The molecule has 1 aromatic rings. The Kier molecular flexibility index (Phi) is 9.19. The molecule has 0 heterocycles. The molecule has 2 aliphatic rings. The van der Waals surface area contributed by atoms with Crippen LogP contribution < -0.4 is 16.4 Å². The second-order valence-electron chi connectivity index (χ2n) is 10.8. The van der Waals surface area contributed by atoms with Gasteiger partial charge in [0.15, 0.2) is 0 Å². The third-order valence-electron chi connectivity index (χ3n) is 6.48. The zero-order valence-electron chi connectivity index (χ0n) is 21.9. The Bertz CT molecular complexity index is 1050. The fourth-order valence-electron chi connectivity index (χ4n) is 4.71. The largest absolute Gasteiger partial charge is 0.444 e. The van der Waals surface area contributed by atoms with E-state index in [0.717, 1.165) is 32.1 Å². The summed E-state index contributed by atoms with van der Waals surface area (Å²) in [6, 6.07) is 4.47. The zero-order valence-corrected chi connectivity index (χ0v) is 21.9. The summed E-state index contributed by atoms with van der Waals surface area (Å²) in [5, 5.41) is 5.63. The summed E-state index contributed by atoms with van der Waals surface area (Å²) in [5.41, 5.74) is 5.64. The predicted molar refractivity (Wildman–Crippen MR) is 139 cm³/mol. The molecule has 1 aromatic carbocycles. The minimum absolute atomic E-state index is 0.0132. The van der Waals surface area contributed by atoms with Gasteiger partial charge in [0.25, 0.3) is 0 Å². The highest BCUT2D eigenvalue weighted by atomic mass is 16.6. The third kappa shape index (κ3) is 7.97. The molecular formula is C28H38N4O5. The molecule has 2 atom stereocenters. The van der Waals surface area contributed by atoms with E-state index in [1.165, 1.54) is 4.90 Å². The molecule has 0 spiro atoms. The minimum Gasteiger partial charge on any atom is -0.444 e. The van der Waals surface area contributed by atoms with E-state index < -0.39 is 42.0 Å². The number of nitrogens with two attached hydrogens (primary N) is 1. The van der Waals surface area contributed by atoms with Gasteiger partial charge in [-0.25, -0.2) is 4.79 Å². The van der Waals surface area contributed by atoms with Crippen LogP contribution in [0.1, 0.15) is 89.3 Å². The highest BCUT2D eigenvalue weighted by Crippen LogP contribution is 2.37. The fourth-order valence-corrected chi connectivity index (χ4v) is 4.71. The molecule has 200 valence electrons. The Labute approximate surface area is 218 Å². The molecule has 0 saturated heterocycles. The summed E-state index contributed by atoms with van der Waals surface area (Å²) in [6.07, 6.45) is 10.8. The minimum atomic E-state index is -1.30. The van der Waals surface area contributed by atoms with Crippen LogP contribution in [-0.2, 0) is 19.1 Å². The van der Waals surface area contributed by atoms with E-state index in [9.17, 15) is 19.2 Å². The van der Waals surface area contributed by atoms with Gasteiger partial charge < -0.3 is 26.0 Å². The van der Waals surface area contributed by atoms with Crippen LogP contribution in [0.4, 0.5) is 4.79 Å². The number of terminal acetylenes is 1. The number of amides is 4. The van der Waals surface area contributed by atoms with Gasteiger partial charge in [-0.05, 0) is 58.1 Å². The summed E-state index contributed by atoms with van der Waals surface area (Å²) in [5.74, 6) is 0.949. The Morgan fingerprint density at radius 2 is 1.76 bits per heavy atom. The van der Waals surface area contributed by atoms with E-state index in [4.69, 9.17) is 16.9 Å². The van der Waals surface area contributed by atoms with Crippen LogP contribution in [0.5, 0.6) is 0 Å². The maximum absolute atomic E-state index is 14.0. The molecule has 0 radical (unpaired) electrons. The summed E-state index contributed by atoms with van der Waals surface area (Å²) in [4.78, 5) is 53.7. The summed E-state index contributed by atoms with van der Waals surface area (Å²) < 4.78 is 5.31. The number of nitrogens with one attached hydrogen (secondary N) is 2. The molecular weight excluding hydrogens is 472 g/mol. The second kappa shape index (κ2) is 12.1. The van der Waals surface area contributed by atoms with E-state index in [0.29, 0.717) is 24.0 Å². The van der Waals surface area contributed by atoms with Gasteiger partial charge in [-0.1, -0.05) is 43.4 Å². The number of rotatable bonds is 9. The van der Waals surface area contributed by atoms with Crippen molar-refractivity contribution in [3.63, 3.8) is 0 Å². The Morgan fingerprint density at radius 3 is 2.32 bits per heavy atom. The lowest BCUT2D eigenvalue weighted by Gasteiger charge is -2.36. The first-order chi connectivity index (χ1) is 17.5. The van der Waals surface area contributed by atoms with Crippen molar-refractivity contribution in [3.05, 3.63) is 35.4 Å². The lowest BCUT2D eigenvalue weighted by Crippen LogP contribution is -2.55. The summed E-state index contributed by atoms with van der Waals surface area (Å²) in [6.45, 7) is 5.07. The maximum Gasteiger partial charge on any atom is 0.408 e. The first-order valence-electron chi connectivity index (χ1n) is 13.0. The van der Waals surface area contributed by atoms with Gasteiger partial charge in [-0.2, -0.15) is 0 Å². The lowest BCUT2D eigenvalue weighted by atomic mass is 9.93. The Morgan fingerprint density at radius 1 is 1.11 bits per heavy atom. The number of hydrogen-bond acceptors (Lipinski definition) is 5. The number of carbonyl (C=O) groups is 4. The molecule has 2 unspecified atom stereocenters. The molecule has 2 saturated carbocycles. The van der Waals surface area contributed by atoms with Crippen LogP contribution in [-0.4, -0.2) is 52.4 Å². The van der Waals surface area contributed by atoms with E-state index >= 15 is 0 Å². The van der Waals surface area contributed by atoms with Crippen molar-refractivity contribution < 1.29 is 23.9 Å². The summed E-state index contributed by atoms with van der Waals surface area (Å²) in [7, 11) is 0. The van der Waals surface area contributed by atoms with Gasteiger partial charge >= 0.3 is 6.09 Å². The lowest BCUT2D eigenvalue weighted by molar-refractivity contribution is -0.144. The van der Waals surface area contributed by atoms with Crippen LogP contribution in [0.15, 0.2) is 24.3 Å². The van der Waals surface area contributed by atoms with Gasteiger partial charge in [-0.15, -0.1) is 6.42 Å². The molecule has 2 aliphatic carbocycles. The molecule has 37 heavy (non-hydrogen) atoms. The van der Waals surface area contributed by atoms with Crippen LogP contribution in [0.2, 0.25) is 0 Å². The number of benzene rings is 1. The van der Waals surface area contributed by atoms with Gasteiger partial charge in [0.1, 0.15) is 17.7 Å². The molecule has 4 N–H and O–H groups in total. The van der Waals surface area contributed by atoms with E-state index in [-0.39, 0.29) is 18.0 Å². The topological polar surface area (TPSA) is 131 Å². The second-order valence-corrected chi connectivity index (χ2v) is 10.8. The average Bonchev–Trinajstić information content (AvgIpc) is 3.66. The van der Waals surface area contributed by atoms with E-state index in [1.807, 2.05) is 0 Å². The first-order valence-corrected chi connectivity index (χ1v) is 13.0. The van der Waals surface area contributed by atoms with Gasteiger partial charge in [0.2, 0.25) is 17.7 Å². The maximum atomic E-state index is 14.0. The molecule has 0 bridgehead atoms. The Balaban J connectivity index is 1.98. The van der Waals surface area contributed by atoms with Gasteiger partial charge in [-0.3, -0.25) is 14.4 Å².